The zero-order chi connectivity index (χ0) is 14.2. The Morgan fingerprint density at radius 1 is 0.684 bits per heavy atom. The van der Waals surface area contributed by atoms with E-state index in [2.05, 4.69) is 75.9 Å². The molecule has 0 nitrogen and oxygen atoms in total. The molecule has 0 saturated heterocycles. The molecular formula is C18H24S. The molecule has 0 aliphatic rings. The fourth-order valence-corrected chi connectivity index (χ4v) is 3.21. The highest BCUT2D eigenvalue weighted by atomic mass is 32.3. The number of hydrogen-bond acceptors (Lipinski definition) is 0. The third kappa shape index (κ3) is 3.03. The summed E-state index contributed by atoms with van der Waals surface area (Å²) in [5.41, 5.74) is 6.80. The van der Waals surface area contributed by atoms with Gasteiger partial charge in [-0.1, -0.05) is 24.3 Å². The van der Waals surface area contributed by atoms with E-state index in [0.717, 1.165) is 0 Å². The van der Waals surface area contributed by atoms with Crippen LogP contribution in [0.4, 0.5) is 0 Å². The Kier molecular flexibility index (Phi) is 3.78. The van der Waals surface area contributed by atoms with Crippen molar-refractivity contribution in [3.05, 3.63) is 53.1 Å². The topological polar surface area (TPSA) is 0 Å². The average molecular weight is 272 g/mol. The summed E-state index contributed by atoms with van der Waals surface area (Å²) in [4.78, 5) is 1.47. The van der Waals surface area contributed by atoms with Crippen molar-refractivity contribution in [1.82, 2.24) is 0 Å². The third-order valence-corrected chi connectivity index (χ3v) is 5.51. The summed E-state index contributed by atoms with van der Waals surface area (Å²) >= 11 is 0. The molecule has 0 fully saturated rings. The minimum absolute atomic E-state index is 0.625. The summed E-state index contributed by atoms with van der Waals surface area (Å²) in [5, 5.41) is 0. The van der Waals surface area contributed by atoms with Crippen LogP contribution in [-0.2, 0) is 0 Å². The molecule has 2 aromatic carbocycles. The monoisotopic (exact) mass is 272 g/mol. The molecule has 0 amide bonds. The van der Waals surface area contributed by atoms with Crippen LogP contribution in [0.2, 0.25) is 0 Å². The second-order valence-corrected chi connectivity index (χ2v) is 10.2. The van der Waals surface area contributed by atoms with E-state index in [1.807, 2.05) is 0 Å². The van der Waals surface area contributed by atoms with Gasteiger partial charge in [0.2, 0.25) is 0 Å². The lowest BCUT2D eigenvalue weighted by molar-refractivity contribution is 1.27. The van der Waals surface area contributed by atoms with Crippen molar-refractivity contribution >= 4 is 10.0 Å². The molecule has 2 rings (SSSR count). The Balaban J connectivity index is 2.43. The van der Waals surface area contributed by atoms with Crippen molar-refractivity contribution in [2.75, 3.05) is 18.8 Å². The zero-order valence-electron chi connectivity index (χ0n) is 12.9. The van der Waals surface area contributed by atoms with Gasteiger partial charge < -0.3 is 0 Å². The van der Waals surface area contributed by atoms with Gasteiger partial charge in [0, 0.05) is 0 Å². The largest absolute Gasteiger partial charge is 0.223 e. The first-order chi connectivity index (χ1) is 8.79. The predicted molar refractivity (Wildman–Crippen MR) is 89.7 cm³/mol. The van der Waals surface area contributed by atoms with Crippen LogP contribution in [0.15, 0.2) is 41.3 Å². The highest BCUT2D eigenvalue weighted by Crippen LogP contribution is 2.45. The van der Waals surface area contributed by atoms with E-state index in [-0.39, 0.29) is 0 Å². The van der Waals surface area contributed by atoms with Crippen LogP contribution in [-0.4, -0.2) is 18.8 Å². The Labute approximate surface area is 119 Å². The summed E-state index contributed by atoms with van der Waals surface area (Å²) in [6.45, 7) is 6.58. The summed E-state index contributed by atoms with van der Waals surface area (Å²) < 4.78 is 0. The number of rotatable bonds is 2. The Hall–Kier alpha value is -1.21. The van der Waals surface area contributed by atoms with Gasteiger partial charge >= 0.3 is 0 Å². The number of aryl methyl sites for hydroxylation is 2. The average Bonchev–Trinajstić information content (AvgIpc) is 2.34. The van der Waals surface area contributed by atoms with Crippen LogP contribution in [0.3, 0.4) is 0 Å². The van der Waals surface area contributed by atoms with Gasteiger partial charge in [0.15, 0.2) is 0 Å². The highest BCUT2D eigenvalue weighted by molar-refractivity contribution is 8.32. The summed E-state index contributed by atoms with van der Waals surface area (Å²) in [6, 6.07) is 13.7. The Bertz CT molecular complexity index is 563. The lowest BCUT2D eigenvalue weighted by Gasteiger charge is -2.25. The van der Waals surface area contributed by atoms with Crippen molar-refractivity contribution in [3.63, 3.8) is 0 Å². The minimum Gasteiger partial charge on any atom is -0.223 e. The van der Waals surface area contributed by atoms with Gasteiger partial charge in [-0.2, -0.15) is 0 Å². The van der Waals surface area contributed by atoms with Crippen molar-refractivity contribution in [2.24, 2.45) is 0 Å². The molecule has 0 heterocycles. The van der Waals surface area contributed by atoms with Crippen LogP contribution in [0.25, 0.3) is 11.1 Å². The smallest absolute Gasteiger partial charge is 0.0106 e. The molecule has 0 atom stereocenters. The fraction of sp³-hybridized carbons (Fsp3) is 0.333. The van der Waals surface area contributed by atoms with Gasteiger partial charge in [-0.15, -0.1) is 0 Å². The summed E-state index contributed by atoms with van der Waals surface area (Å²) in [6.07, 6.45) is 7.01. The minimum atomic E-state index is -0.625. The molecule has 0 N–H and O–H groups in total. The standard InChI is InChI=1S/C18H24S/c1-13-11-17(12-14(2)15(13)3)16-7-9-18(10-8-16)19(4,5)6/h7-12H,1-6H3. The molecule has 102 valence electrons. The molecule has 0 bridgehead atoms. The normalized spacial score (nSPS) is 12.5. The molecule has 0 aromatic heterocycles. The first-order valence-corrected chi connectivity index (χ1v) is 9.51. The van der Waals surface area contributed by atoms with Gasteiger partial charge in [0.1, 0.15) is 0 Å². The van der Waals surface area contributed by atoms with Crippen LogP contribution >= 0.6 is 10.0 Å². The van der Waals surface area contributed by atoms with E-state index >= 15 is 0 Å². The predicted octanol–water partition coefficient (Wildman–Crippen LogP) is 5.33. The van der Waals surface area contributed by atoms with Crippen LogP contribution < -0.4 is 0 Å². The van der Waals surface area contributed by atoms with Crippen molar-refractivity contribution < 1.29 is 0 Å². The van der Waals surface area contributed by atoms with E-state index in [0.29, 0.717) is 0 Å². The van der Waals surface area contributed by atoms with E-state index in [1.54, 1.807) is 0 Å². The van der Waals surface area contributed by atoms with Crippen LogP contribution in [0, 0.1) is 20.8 Å². The molecule has 0 spiro atoms. The first-order valence-electron chi connectivity index (χ1n) is 6.65. The van der Waals surface area contributed by atoms with E-state index in [4.69, 9.17) is 0 Å². The molecule has 0 unspecified atom stereocenters. The van der Waals surface area contributed by atoms with Crippen LogP contribution in [0.5, 0.6) is 0 Å². The maximum atomic E-state index is 2.34. The second-order valence-electron chi connectivity index (χ2n) is 6.10. The molecule has 2 aromatic rings. The van der Waals surface area contributed by atoms with Gasteiger partial charge in [-0.25, -0.2) is 10.0 Å². The molecule has 0 saturated carbocycles. The highest BCUT2D eigenvalue weighted by Gasteiger charge is 2.08. The Morgan fingerprint density at radius 2 is 1.16 bits per heavy atom. The number of hydrogen-bond donors (Lipinski definition) is 0. The molecule has 19 heavy (non-hydrogen) atoms. The van der Waals surface area contributed by atoms with Gasteiger partial charge in [0.05, 0.1) is 0 Å². The Morgan fingerprint density at radius 3 is 1.58 bits per heavy atom. The quantitative estimate of drug-likeness (QED) is 0.693. The summed E-state index contributed by atoms with van der Waals surface area (Å²) in [7, 11) is -0.625. The van der Waals surface area contributed by atoms with Crippen molar-refractivity contribution in [3.8, 4) is 11.1 Å². The number of benzene rings is 2. The lowest BCUT2D eigenvalue weighted by Crippen LogP contribution is -1.93. The van der Waals surface area contributed by atoms with Crippen molar-refractivity contribution in [2.45, 2.75) is 25.7 Å². The molecule has 0 aliphatic carbocycles. The fourth-order valence-electron chi connectivity index (χ4n) is 2.26. The molecule has 1 heteroatoms. The van der Waals surface area contributed by atoms with Gasteiger partial charge in [-0.05, 0) is 84.4 Å². The van der Waals surface area contributed by atoms with E-state index < -0.39 is 10.0 Å². The SMILES string of the molecule is Cc1cc(-c2ccc(S(C)(C)C)cc2)cc(C)c1C. The molecule has 0 aliphatic heterocycles. The zero-order valence-corrected chi connectivity index (χ0v) is 13.7. The maximum absolute atomic E-state index is 2.34. The second kappa shape index (κ2) is 5.05. The van der Waals surface area contributed by atoms with Crippen molar-refractivity contribution in [1.29, 1.82) is 0 Å². The third-order valence-electron chi connectivity index (χ3n) is 3.82. The molecule has 0 radical (unpaired) electrons. The van der Waals surface area contributed by atoms with Crippen LogP contribution in [0.1, 0.15) is 16.7 Å². The summed E-state index contributed by atoms with van der Waals surface area (Å²) in [5.74, 6) is 0. The lowest BCUT2D eigenvalue weighted by atomic mass is 9.96. The maximum Gasteiger partial charge on any atom is -0.0106 e. The first kappa shape index (κ1) is 14.2. The van der Waals surface area contributed by atoms with E-state index in [1.165, 1.54) is 32.7 Å². The molecular weight excluding hydrogens is 248 g/mol. The van der Waals surface area contributed by atoms with E-state index in [9.17, 15) is 0 Å². The van der Waals surface area contributed by atoms with Gasteiger partial charge in [-0.3, -0.25) is 0 Å². The van der Waals surface area contributed by atoms with Gasteiger partial charge in [0.25, 0.3) is 0 Å².